The number of nitrogens with zero attached hydrogens (tertiary/aromatic N) is 1. The summed E-state index contributed by atoms with van der Waals surface area (Å²) in [5.74, 6) is -0.480. The number of hydrogen-bond acceptors (Lipinski definition) is 2. The fraction of sp³-hybridized carbons (Fsp3) is 0.714. The Morgan fingerprint density at radius 2 is 2.05 bits per heavy atom. The number of nitrogens with one attached hydrogen (secondary N) is 1. The van der Waals surface area contributed by atoms with E-state index in [1.807, 2.05) is 0 Å². The molecule has 5 nitrogen and oxygen atoms in total. The zero-order chi connectivity index (χ0) is 14.3. The summed E-state index contributed by atoms with van der Waals surface area (Å²) < 4.78 is 0. The molecule has 2 amide bonds. The van der Waals surface area contributed by atoms with Crippen molar-refractivity contribution in [2.45, 2.75) is 44.6 Å². The van der Waals surface area contributed by atoms with Gasteiger partial charge in [-0.3, -0.25) is 0 Å². The highest BCUT2D eigenvalue weighted by Gasteiger charge is 2.22. The molecule has 0 aromatic carbocycles. The molecule has 0 spiro atoms. The minimum Gasteiger partial charge on any atom is -0.480 e. The lowest BCUT2D eigenvalue weighted by molar-refractivity contribution is -0.139. The Hall–Kier alpha value is -1.52. The van der Waals surface area contributed by atoms with E-state index in [9.17, 15) is 9.59 Å². The summed E-state index contributed by atoms with van der Waals surface area (Å²) in [6.45, 7) is 4.20. The lowest BCUT2D eigenvalue weighted by Crippen LogP contribution is -2.47. The monoisotopic (exact) mass is 268 g/mol. The van der Waals surface area contributed by atoms with Crippen molar-refractivity contribution in [1.29, 1.82) is 0 Å². The van der Waals surface area contributed by atoms with Gasteiger partial charge in [-0.2, -0.15) is 0 Å². The fourth-order valence-electron chi connectivity index (χ4n) is 2.49. The first-order valence-electron chi connectivity index (χ1n) is 6.90. The Balaban J connectivity index is 2.41. The molecule has 0 bridgehead atoms. The molecule has 1 rings (SSSR count). The van der Waals surface area contributed by atoms with Gasteiger partial charge in [0.25, 0.3) is 0 Å². The first-order chi connectivity index (χ1) is 9.04. The molecule has 1 unspecified atom stereocenters. The predicted molar refractivity (Wildman–Crippen MR) is 74.0 cm³/mol. The van der Waals surface area contributed by atoms with E-state index < -0.39 is 12.0 Å². The van der Waals surface area contributed by atoms with Gasteiger partial charge in [0.15, 0.2) is 0 Å². The first kappa shape index (κ1) is 15.5. The molecule has 0 aromatic heterocycles. The molecule has 1 aliphatic carbocycles. The number of carboxylic acid groups (broad SMARTS) is 1. The highest BCUT2D eigenvalue weighted by atomic mass is 16.4. The van der Waals surface area contributed by atoms with Crippen molar-refractivity contribution >= 4 is 12.0 Å². The average Bonchev–Trinajstić information content (AvgIpc) is 2.39. The van der Waals surface area contributed by atoms with Gasteiger partial charge in [-0.25, -0.2) is 9.59 Å². The normalized spacial score (nSPS) is 17.5. The summed E-state index contributed by atoms with van der Waals surface area (Å²) >= 11 is 0. The Kier molecular flexibility index (Phi) is 6.39. The maximum Gasteiger partial charge on any atom is 0.326 e. The molecule has 5 heteroatoms. The Labute approximate surface area is 114 Å². The Morgan fingerprint density at radius 3 is 2.58 bits per heavy atom. The van der Waals surface area contributed by atoms with Crippen LogP contribution in [0.1, 0.15) is 38.5 Å². The second-order valence-corrected chi connectivity index (χ2v) is 5.25. The Bertz CT molecular complexity index is 325. The molecule has 0 aromatic rings. The number of amides is 2. The van der Waals surface area contributed by atoms with Gasteiger partial charge in [0.05, 0.1) is 0 Å². The van der Waals surface area contributed by atoms with Gasteiger partial charge in [0.1, 0.15) is 6.04 Å². The number of urea groups is 1. The molecule has 1 saturated carbocycles. The maximum atomic E-state index is 11.9. The van der Waals surface area contributed by atoms with Gasteiger partial charge in [0, 0.05) is 13.6 Å². The third-order valence-electron chi connectivity index (χ3n) is 3.60. The minimum absolute atomic E-state index is 0.234. The molecule has 1 aliphatic rings. The van der Waals surface area contributed by atoms with Crippen molar-refractivity contribution in [3.05, 3.63) is 12.7 Å². The highest BCUT2D eigenvalue weighted by molar-refractivity contribution is 5.82. The predicted octanol–water partition coefficient (Wildman–Crippen LogP) is 2.24. The number of hydrogen-bond donors (Lipinski definition) is 2. The third-order valence-corrected chi connectivity index (χ3v) is 3.60. The lowest BCUT2D eigenvalue weighted by atomic mass is 9.89. The second kappa shape index (κ2) is 7.81. The fourth-order valence-corrected chi connectivity index (χ4v) is 2.49. The molecule has 0 aliphatic heterocycles. The highest BCUT2D eigenvalue weighted by Crippen LogP contribution is 2.24. The van der Waals surface area contributed by atoms with Gasteiger partial charge >= 0.3 is 12.0 Å². The standard InChI is InChI=1S/C14H24N2O3/c1-3-7-12(13(17)18)15-14(19)16(2)10-11-8-5-4-6-9-11/h3,11-12H,1,4-10H2,2H3,(H,15,19)(H,17,18). The molecule has 1 atom stereocenters. The van der Waals surface area contributed by atoms with Crippen molar-refractivity contribution in [2.75, 3.05) is 13.6 Å². The number of rotatable bonds is 6. The van der Waals surface area contributed by atoms with E-state index >= 15 is 0 Å². The van der Waals surface area contributed by atoms with Crippen LogP contribution < -0.4 is 5.32 Å². The van der Waals surface area contributed by atoms with Crippen LogP contribution in [-0.2, 0) is 4.79 Å². The first-order valence-corrected chi connectivity index (χ1v) is 6.90. The van der Waals surface area contributed by atoms with E-state index in [1.165, 1.54) is 25.3 Å². The zero-order valence-corrected chi connectivity index (χ0v) is 11.6. The smallest absolute Gasteiger partial charge is 0.326 e. The topological polar surface area (TPSA) is 69.6 Å². The summed E-state index contributed by atoms with van der Waals surface area (Å²) in [7, 11) is 1.72. The molecule has 2 N–H and O–H groups in total. The number of carbonyl (C=O) groups excluding carboxylic acids is 1. The van der Waals surface area contributed by atoms with E-state index in [0.717, 1.165) is 12.8 Å². The largest absolute Gasteiger partial charge is 0.480 e. The van der Waals surface area contributed by atoms with Gasteiger partial charge in [-0.05, 0) is 25.2 Å². The number of carbonyl (C=O) groups is 2. The van der Waals surface area contributed by atoms with E-state index in [1.54, 1.807) is 11.9 Å². The van der Waals surface area contributed by atoms with Crippen LogP contribution in [0.25, 0.3) is 0 Å². The molecule has 1 fully saturated rings. The van der Waals surface area contributed by atoms with Gasteiger partial charge in [-0.15, -0.1) is 6.58 Å². The van der Waals surface area contributed by atoms with Crippen LogP contribution in [0.2, 0.25) is 0 Å². The second-order valence-electron chi connectivity index (χ2n) is 5.25. The Morgan fingerprint density at radius 1 is 1.42 bits per heavy atom. The molecule has 0 saturated heterocycles. The minimum atomic E-state index is -1.03. The van der Waals surface area contributed by atoms with Crippen LogP contribution in [0.3, 0.4) is 0 Å². The van der Waals surface area contributed by atoms with Crippen molar-refractivity contribution in [3.8, 4) is 0 Å². The number of aliphatic carboxylic acids is 1. The molecule has 0 radical (unpaired) electrons. The summed E-state index contributed by atoms with van der Waals surface area (Å²) in [4.78, 5) is 24.5. The van der Waals surface area contributed by atoms with Crippen molar-refractivity contribution in [1.82, 2.24) is 10.2 Å². The summed E-state index contributed by atoms with van der Waals surface area (Å²) in [5.41, 5.74) is 0. The van der Waals surface area contributed by atoms with Crippen molar-refractivity contribution < 1.29 is 14.7 Å². The van der Waals surface area contributed by atoms with E-state index in [0.29, 0.717) is 12.5 Å². The van der Waals surface area contributed by atoms with Crippen molar-refractivity contribution in [3.63, 3.8) is 0 Å². The van der Waals surface area contributed by atoms with Crippen LogP contribution in [0.15, 0.2) is 12.7 Å². The molecule has 0 heterocycles. The quantitative estimate of drug-likeness (QED) is 0.726. The van der Waals surface area contributed by atoms with Crippen LogP contribution >= 0.6 is 0 Å². The third kappa shape index (κ3) is 5.32. The number of carboxylic acids is 1. The van der Waals surface area contributed by atoms with Crippen molar-refractivity contribution in [2.24, 2.45) is 5.92 Å². The van der Waals surface area contributed by atoms with E-state index in [-0.39, 0.29) is 12.5 Å². The van der Waals surface area contributed by atoms with Crippen LogP contribution in [0, 0.1) is 5.92 Å². The summed E-state index contributed by atoms with van der Waals surface area (Å²) in [5, 5.41) is 11.5. The van der Waals surface area contributed by atoms with Gasteiger partial charge in [-0.1, -0.05) is 25.3 Å². The van der Waals surface area contributed by atoms with E-state index in [4.69, 9.17) is 5.11 Å². The van der Waals surface area contributed by atoms with E-state index in [2.05, 4.69) is 11.9 Å². The average molecular weight is 268 g/mol. The molecular weight excluding hydrogens is 244 g/mol. The lowest BCUT2D eigenvalue weighted by Gasteiger charge is -2.28. The van der Waals surface area contributed by atoms with Crippen LogP contribution in [0.4, 0.5) is 4.79 Å². The van der Waals surface area contributed by atoms with Gasteiger partial charge < -0.3 is 15.3 Å². The van der Waals surface area contributed by atoms with Gasteiger partial charge in [0.2, 0.25) is 0 Å². The molecular formula is C14H24N2O3. The SMILES string of the molecule is C=CCC(NC(=O)N(C)CC1CCCCC1)C(=O)O. The van der Waals surface area contributed by atoms with Crippen LogP contribution in [0.5, 0.6) is 0 Å². The van der Waals surface area contributed by atoms with Crippen LogP contribution in [-0.4, -0.2) is 41.6 Å². The maximum absolute atomic E-state index is 11.9. The molecule has 108 valence electrons. The summed E-state index contributed by atoms with van der Waals surface area (Å²) in [6.07, 6.45) is 7.80. The molecule has 19 heavy (non-hydrogen) atoms. The zero-order valence-electron chi connectivity index (χ0n) is 11.6. The summed E-state index contributed by atoms with van der Waals surface area (Å²) in [6, 6.07) is -1.21.